The van der Waals surface area contributed by atoms with Crippen LogP contribution in [0.5, 0.6) is 0 Å². The molecule has 1 rings (SSSR count). The Bertz CT molecular complexity index is 410. The molecular formula is C9H15N3O3. The molecule has 0 saturated carbocycles. The average Bonchev–Trinajstić information content (AvgIpc) is 2.20. The van der Waals surface area contributed by atoms with Crippen molar-refractivity contribution in [2.75, 3.05) is 13.1 Å². The van der Waals surface area contributed by atoms with E-state index in [1.807, 2.05) is 6.92 Å². The van der Waals surface area contributed by atoms with Crippen LogP contribution in [0, 0.1) is 0 Å². The van der Waals surface area contributed by atoms with Gasteiger partial charge in [-0.25, -0.2) is 4.68 Å². The normalized spacial score (nSPS) is 12.7. The zero-order valence-electron chi connectivity index (χ0n) is 8.56. The van der Waals surface area contributed by atoms with Gasteiger partial charge in [-0.3, -0.25) is 14.7 Å². The van der Waals surface area contributed by atoms with Crippen LogP contribution in [0.3, 0.4) is 0 Å². The second-order valence-electron chi connectivity index (χ2n) is 3.22. The minimum absolute atomic E-state index is 0.0852. The van der Waals surface area contributed by atoms with E-state index in [4.69, 9.17) is 0 Å². The summed E-state index contributed by atoms with van der Waals surface area (Å²) in [6, 6.07) is 2.34. The fourth-order valence-corrected chi connectivity index (χ4v) is 1.18. The summed E-state index contributed by atoms with van der Waals surface area (Å²) in [5, 5.41) is 14.8. The number of aromatic amines is 1. The Labute approximate surface area is 86.5 Å². The predicted molar refractivity (Wildman–Crippen MR) is 55.9 cm³/mol. The predicted octanol–water partition coefficient (Wildman–Crippen LogP) is -1.49. The first kappa shape index (κ1) is 11.7. The topological polar surface area (TPSA) is 87.1 Å². The number of hydrogen-bond donors (Lipinski definition) is 3. The van der Waals surface area contributed by atoms with E-state index >= 15 is 0 Å². The fourth-order valence-electron chi connectivity index (χ4n) is 1.18. The molecule has 1 aromatic rings. The van der Waals surface area contributed by atoms with Crippen LogP contribution in [0.15, 0.2) is 21.7 Å². The first-order valence-electron chi connectivity index (χ1n) is 4.82. The number of nitrogens with zero attached hydrogens (tertiary/aromatic N) is 1. The molecule has 0 aliphatic carbocycles. The van der Waals surface area contributed by atoms with Crippen molar-refractivity contribution in [2.24, 2.45) is 0 Å². The maximum atomic E-state index is 11.2. The number of nitrogens with one attached hydrogen (secondary N) is 2. The highest BCUT2D eigenvalue weighted by Crippen LogP contribution is 1.83. The number of aromatic nitrogens is 2. The molecule has 0 aliphatic rings. The van der Waals surface area contributed by atoms with Gasteiger partial charge in [-0.15, -0.1) is 0 Å². The highest BCUT2D eigenvalue weighted by Gasteiger charge is 2.05. The maximum absolute atomic E-state index is 11.2. The lowest BCUT2D eigenvalue weighted by molar-refractivity contribution is 0.145. The second-order valence-corrected chi connectivity index (χ2v) is 3.22. The van der Waals surface area contributed by atoms with Gasteiger partial charge in [0.25, 0.3) is 11.1 Å². The molecule has 0 saturated heterocycles. The van der Waals surface area contributed by atoms with Crippen LogP contribution in [-0.4, -0.2) is 34.1 Å². The molecule has 0 fully saturated rings. The Morgan fingerprint density at radius 1 is 1.53 bits per heavy atom. The van der Waals surface area contributed by atoms with Gasteiger partial charge < -0.3 is 10.4 Å². The van der Waals surface area contributed by atoms with Crippen LogP contribution in [0.4, 0.5) is 0 Å². The lowest BCUT2D eigenvalue weighted by atomic mass is 10.3. The lowest BCUT2D eigenvalue weighted by Gasteiger charge is -2.11. The number of hydrogen-bond acceptors (Lipinski definition) is 4. The van der Waals surface area contributed by atoms with Crippen molar-refractivity contribution < 1.29 is 5.11 Å². The zero-order chi connectivity index (χ0) is 11.3. The van der Waals surface area contributed by atoms with Crippen LogP contribution in [0.2, 0.25) is 0 Å². The second kappa shape index (κ2) is 5.47. The zero-order valence-corrected chi connectivity index (χ0v) is 8.56. The number of rotatable bonds is 5. The molecule has 0 aromatic carbocycles. The Hall–Kier alpha value is -1.40. The Morgan fingerprint density at radius 2 is 2.27 bits per heavy atom. The third-order valence-electron chi connectivity index (χ3n) is 1.91. The molecule has 0 amide bonds. The molecule has 1 unspecified atom stereocenters. The van der Waals surface area contributed by atoms with Gasteiger partial charge in [-0.2, -0.15) is 0 Å². The molecule has 1 heterocycles. The van der Waals surface area contributed by atoms with E-state index < -0.39 is 6.10 Å². The summed E-state index contributed by atoms with van der Waals surface area (Å²) in [4.78, 5) is 22.2. The SMILES string of the molecule is CCNCC(O)Cn1[nH]c(=O)ccc1=O. The van der Waals surface area contributed by atoms with Gasteiger partial charge in [0, 0.05) is 18.7 Å². The summed E-state index contributed by atoms with van der Waals surface area (Å²) >= 11 is 0. The molecular weight excluding hydrogens is 198 g/mol. The van der Waals surface area contributed by atoms with Crippen LogP contribution >= 0.6 is 0 Å². The monoisotopic (exact) mass is 213 g/mol. The van der Waals surface area contributed by atoms with Crippen LogP contribution < -0.4 is 16.4 Å². The third kappa shape index (κ3) is 3.69. The highest BCUT2D eigenvalue weighted by atomic mass is 16.3. The Balaban J connectivity index is 2.67. The summed E-state index contributed by atoms with van der Waals surface area (Å²) in [5.74, 6) is 0. The standard InChI is InChI=1S/C9H15N3O3/c1-2-10-5-7(13)6-12-9(15)4-3-8(14)11-12/h3-4,7,10,13H,2,5-6H2,1H3,(H,11,14). The van der Waals surface area contributed by atoms with E-state index in [0.29, 0.717) is 6.54 Å². The first-order chi connectivity index (χ1) is 7.13. The van der Waals surface area contributed by atoms with Crippen LogP contribution in [0.25, 0.3) is 0 Å². The molecule has 0 bridgehead atoms. The molecule has 0 radical (unpaired) electrons. The van der Waals surface area contributed by atoms with Crippen molar-refractivity contribution in [1.29, 1.82) is 0 Å². The Kier molecular flexibility index (Phi) is 4.26. The summed E-state index contributed by atoms with van der Waals surface area (Å²) in [7, 11) is 0. The minimum atomic E-state index is -0.694. The van der Waals surface area contributed by atoms with E-state index in [9.17, 15) is 14.7 Å². The van der Waals surface area contributed by atoms with E-state index in [2.05, 4.69) is 10.4 Å². The van der Waals surface area contributed by atoms with Crippen molar-refractivity contribution in [3.05, 3.63) is 32.8 Å². The van der Waals surface area contributed by atoms with Gasteiger partial charge in [-0.1, -0.05) is 6.92 Å². The van der Waals surface area contributed by atoms with Crippen LogP contribution in [0.1, 0.15) is 6.92 Å². The largest absolute Gasteiger partial charge is 0.390 e. The highest BCUT2D eigenvalue weighted by molar-refractivity contribution is 4.86. The van der Waals surface area contributed by atoms with Crippen molar-refractivity contribution in [2.45, 2.75) is 19.6 Å². The molecule has 6 nitrogen and oxygen atoms in total. The van der Waals surface area contributed by atoms with E-state index in [0.717, 1.165) is 17.3 Å². The fraction of sp³-hybridized carbons (Fsp3) is 0.556. The number of aliphatic hydroxyl groups excluding tert-OH is 1. The smallest absolute Gasteiger partial charge is 0.265 e. The average molecular weight is 213 g/mol. The molecule has 0 aliphatic heterocycles. The molecule has 0 spiro atoms. The molecule has 84 valence electrons. The minimum Gasteiger partial charge on any atom is -0.390 e. The Morgan fingerprint density at radius 3 is 2.93 bits per heavy atom. The number of H-pyrrole nitrogens is 1. The first-order valence-corrected chi connectivity index (χ1v) is 4.82. The van der Waals surface area contributed by atoms with E-state index in [1.165, 1.54) is 6.07 Å². The van der Waals surface area contributed by atoms with Gasteiger partial charge in [0.1, 0.15) is 0 Å². The van der Waals surface area contributed by atoms with E-state index in [-0.39, 0.29) is 17.7 Å². The number of aliphatic hydroxyl groups is 1. The van der Waals surface area contributed by atoms with Gasteiger partial charge in [-0.05, 0) is 6.54 Å². The molecule has 3 N–H and O–H groups in total. The molecule has 6 heteroatoms. The summed E-state index contributed by atoms with van der Waals surface area (Å²) in [6.45, 7) is 3.14. The summed E-state index contributed by atoms with van der Waals surface area (Å²) in [5.41, 5.74) is -0.685. The van der Waals surface area contributed by atoms with Gasteiger partial charge in [0.15, 0.2) is 0 Å². The lowest BCUT2D eigenvalue weighted by Crippen LogP contribution is -2.36. The quantitative estimate of drug-likeness (QED) is 0.556. The van der Waals surface area contributed by atoms with Gasteiger partial charge in [0.2, 0.25) is 0 Å². The van der Waals surface area contributed by atoms with Crippen molar-refractivity contribution in [1.82, 2.24) is 15.1 Å². The molecule has 1 aromatic heterocycles. The maximum Gasteiger partial charge on any atom is 0.265 e. The van der Waals surface area contributed by atoms with Gasteiger partial charge >= 0.3 is 0 Å². The van der Waals surface area contributed by atoms with Crippen LogP contribution in [-0.2, 0) is 6.54 Å². The van der Waals surface area contributed by atoms with Crippen molar-refractivity contribution in [3.8, 4) is 0 Å². The molecule has 1 atom stereocenters. The van der Waals surface area contributed by atoms with E-state index in [1.54, 1.807) is 0 Å². The number of likely N-dealkylation sites (N-methyl/N-ethyl adjacent to an activating group) is 1. The summed E-state index contributed by atoms with van der Waals surface area (Å²) < 4.78 is 1.10. The third-order valence-corrected chi connectivity index (χ3v) is 1.91. The summed E-state index contributed by atoms with van der Waals surface area (Å²) in [6.07, 6.45) is -0.694. The van der Waals surface area contributed by atoms with Crippen molar-refractivity contribution in [3.63, 3.8) is 0 Å². The molecule has 15 heavy (non-hydrogen) atoms. The van der Waals surface area contributed by atoms with Gasteiger partial charge in [0.05, 0.1) is 12.6 Å². The van der Waals surface area contributed by atoms with Crippen molar-refractivity contribution >= 4 is 0 Å².